The van der Waals surface area contributed by atoms with Crippen molar-refractivity contribution in [1.29, 1.82) is 0 Å². The summed E-state index contributed by atoms with van der Waals surface area (Å²) in [6.45, 7) is 1.72. The lowest BCUT2D eigenvalue weighted by atomic mass is 10.0. The van der Waals surface area contributed by atoms with E-state index in [-0.39, 0.29) is 11.3 Å². The number of nitrogens with one attached hydrogen (secondary N) is 1. The van der Waals surface area contributed by atoms with Gasteiger partial charge in [-0.05, 0) is 42.8 Å². The molecule has 7 nitrogen and oxygen atoms in total. The second-order valence-corrected chi connectivity index (χ2v) is 7.35. The Morgan fingerprint density at radius 3 is 2.71 bits per heavy atom. The average Bonchev–Trinajstić information content (AvgIpc) is 3.03. The quantitative estimate of drug-likeness (QED) is 0.552. The average molecular weight is 430 g/mol. The molecule has 3 aromatic rings. The van der Waals surface area contributed by atoms with Gasteiger partial charge >= 0.3 is 6.18 Å². The number of fused-ring (bicyclic) bond motifs is 3. The first kappa shape index (κ1) is 20.7. The molecule has 1 aromatic carbocycles. The molecule has 1 aliphatic rings. The Kier molecular flexibility index (Phi) is 5.10. The number of allylic oxidation sites excluding steroid dienone is 3. The number of alkyl halides is 3. The van der Waals surface area contributed by atoms with Crippen molar-refractivity contribution in [2.75, 3.05) is 6.54 Å². The largest absolute Gasteiger partial charge is 0.430 e. The van der Waals surface area contributed by atoms with Crippen LogP contribution in [-0.4, -0.2) is 27.1 Å². The first-order valence-electron chi connectivity index (χ1n) is 9.58. The second-order valence-electron chi connectivity index (χ2n) is 7.35. The van der Waals surface area contributed by atoms with Crippen LogP contribution in [0.3, 0.4) is 0 Å². The van der Waals surface area contributed by atoms with Crippen LogP contribution in [0.5, 0.6) is 0 Å². The molecule has 2 aromatic heterocycles. The van der Waals surface area contributed by atoms with Gasteiger partial charge in [0, 0.05) is 42.0 Å². The molecule has 0 amide bonds. The molecule has 0 radical (unpaired) electrons. The maximum Gasteiger partial charge on any atom is 0.430 e. The number of aryl methyl sites for hydroxylation is 1. The van der Waals surface area contributed by atoms with Crippen molar-refractivity contribution in [2.45, 2.75) is 19.1 Å². The first-order valence-corrected chi connectivity index (χ1v) is 9.58. The third-order valence-electron chi connectivity index (χ3n) is 5.41. The summed E-state index contributed by atoms with van der Waals surface area (Å²) in [4.78, 5) is 12.6. The van der Waals surface area contributed by atoms with E-state index in [0.29, 0.717) is 11.8 Å². The minimum Gasteiger partial charge on any atom is -0.398 e. The van der Waals surface area contributed by atoms with Gasteiger partial charge in [0.25, 0.3) is 5.56 Å². The zero-order valence-corrected chi connectivity index (χ0v) is 16.7. The summed E-state index contributed by atoms with van der Waals surface area (Å²) in [6.07, 6.45) is -0.727. The monoisotopic (exact) mass is 430 g/mol. The highest BCUT2D eigenvalue weighted by molar-refractivity contribution is 5.87. The van der Waals surface area contributed by atoms with Crippen LogP contribution >= 0.6 is 0 Å². The highest BCUT2D eigenvalue weighted by Gasteiger charge is 2.30. The second kappa shape index (κ2) is 7.62. The van der Waals surface area contributed by atoms with Crippen LogP contribution in [0, 0.1) is 0 Å². The predicted octanol–water partition coefficient (Wildman–Crippen LogP) is 2.07. The Morgan fingerprint density at radius 2 is 2.00 bits per heavy atom. The fourth-order valence-corrected chi connectivity index (χ4v) is 3.74. The van der Waals surface area contributed by atoms with Gasteiger partial charge < -0.3 is 21.4 Å². The summed E-state index contributed by atoms with van der Waals surface area (Å²) in [6, 6.07) is 6.93. The molecule has 3 heterocycles. The number of rotatable bonds is 3. The third kappa shape index (κ3) is 3.81. The van der Waals surface area contributed by atoms with E-state index in [2.05, 4.69) is 15.0 Å². The molecule has 0 unspecified atom stereocenters. The van der Waals surface area contributed by atoms with Gasteiger partial charge in [0.2, 0.25) is 0 Å². The Hall–Kier alpha value is -3.53. The molecular weight excluding hydrogens is 409 g/mol. The fraction of sp³-hybridized carbons (Fsp3) is 0.238. The molecule has 0 aliphatic carbocycles. The summed E-state index contributed by atoms with van der Waals surface area (Å²) >= 11 is 0. The van der Waals surface area contributed by atoms with Crippen LogP contribution in [0.2, 0.25) is 0 Å². The molecule has 10 heteroatoms. The summed E-state index contributed by atoms with van der Waals surface area (Å²) in [5, 5.41) is 8.66. The zero-order chi connectivity index (χ0) is 22.3. The van der Waals surface area contributed by atoms with Gasteiger partial charge in [-0.15, -0.1) is 0 Å². The number of hydrogen-bond donors (Lipinski definition) is 3. The summed E-state index contributed by atoms with van der Waals surface area (Å²) in [5.41, 5.74) is 13.3. The van der Waals surface area contributed by atoms with Gasteiger partial charge in [-0.25, -0.2) is 0 Å². The van der Waals surface area contributed by atoms with Crippen LogP contribution in [0.4, 0.5) is 13.2 Å². The van der Waals surface area contributed by atoms with E-state index < -0.39 is 17.4 Å². The normalized spacial score (nSPS) is 15.4. The van der Waals surface area contributed by atoms with Crippen molar-refractivity contribution in [3.05, 3.63) is 75.5 Å². The minimum absolute atomic E-state index is 0.0537. The summed E-state index contributed by atoms with van der Waals surface area (Å²) in [5.74, 6) is 0. The van der Waals surface area contributed by atoms with Crippen molar-refractivity contribution < 1.29 is 13.2 Å². The van der Waals surface area contributed by atoms with Gasteiger partial charge in [0.15, 0.2) is 0 Å². The Morgan fingerprint density at radius 1 is 1.23 bits per heavy atom. The van der Waals surface area contributed by atoms with Crippen LogP contribution in [0.25, 0.3) is 22.3 Å². The predicted molar refractivity (Wildman–Crippen MR) is 112 cm³/mol. The maximum absolute atomic E-state index is 12.6. The van der Waals surface area contributed by atoms with Gasteiger partial charge in [0.1, 0.15) is 5.70 Å². The fourth-order valence-electron chi connectivity index (χ4n) is 3.74. The molecule has 0 spiro atoms. The number of hydrogen-bond acceptors (Lipinski definition) is 5. The van der Waals surface area contributed by atoms with E-state index in [0.717, 1.165) is 36.5 Å². The Bertz CT molecular complexity index is 1280. The van der Waals surface area contributed by atoms with Crippen LogP contribution in [0.15, 0.2) is 53.1 Å². The highest BCUT2D eigenvalue weighted by Crippen LogP contribution is 2.29. The zero-order valence-electron chi connectivity index (χ0n) is 16.7. The van der Waals surface area contributed by atoms with Gasteiger partial charge in [-0.3, -0.25) is 4.79 Å². The smallest absolute Gasteiger partial charge is 0.398 e. The number of nitrogens with two attached hydrogens (primary N) is 2. The molecule has 0 bridgehead atoms. The molecule has 0 atom stereocenters. The van der Waals surface area contributed by atoms with Gasteiger partial charge in [-0.1, -0.05) is 6.07 Å². The van der Waals surface area contributed by atoms with Crippen LogP contribution < -0.4 is 22.3 Å². The summed E-state index contributed by atoms with van der Waals surface area (Å²) in [7, 11) is 1.99. The topological polar surface area (TPSA) is 104 Å². The maximum atomic E-state index is 12.6. The van der Waals surface area contributed by atoms with E-state index in [1.54, 1.807) is 0 Å². The Balaban J connectivity index is 1.69. The molecule has 0 saturated heterocycles. The number of nitrogens with zero attached hydrogens (tertiary/aromatic N) is 3. The van der Waals surface area contributed by atoms with Gasteiger partial charge in [0.05, 0.1) is 17.4 Å². The van der Waals surface area contributed by atoms with Gasteiger partial charge in [-0.2, -0.15) is 23.0 Å². The van der Waals surface area contributed by atoms with E-state index in [1.165, 1.54) is 28.2 Å². The van der Waals surface area contributed by atoms with Crippen LogP contribution in [-0.2, 0) is 20.0 Å². The van der Waals surface area contributed by atoms with Crippen molar-refractivity contribution in [1.82, 2.24) is 19.7 Å². The lowest BCUT2D eigenvalue weighted by molar-refractivity contribution is -0.0926. The molecule has 31 heavy (non-hydrogen) atoms. The van der Waals surface area contributed by atoms with Crippen molar-refractivity contribution >= 4 is 16.6 Å². The van der Waals surface area contributed by atoms with Crippen molar-refractivity contribution in [3.8, 4) is 5.69 Å². The van der Waals surface area contributed by atoms with Crippen molar-refractivity contribution in [3.63, 3.8) is 0 Å². The molecular formula is C21H21F3N6O. The van der Waals surface area contributed by atoms with Crippen LogP contribution in [0.1, 0.15) is 16.8 Å². The van der Waals surface area contributed by atoms with E-state index in [4.69, 9.17) is 11.5 Å². The SMILES string of the molecule is Cn1c2c(c3ccc(-n4ncc(/C(N)=C/C=C(\N)C(F)(F)F)cc4=O)cc31)CCNC2. The molecule has 1 aliphatic heterocycles. The lowest BCUT2D eigenvalue weighted by Crippen LogP contribution is -2.24. The summed E-state index contributed by atoms with van der Waals surface area (Å²) < 4.78 is 40.8. The number of aromatic nitrogens is 3. The molecule has 162 valence electrons. The molecule has 0 fully saturated rings. The molecule has 0 saturated carbocycles. The molecule has 5 N–H and O–H groups in total. The lowest BCUT2D eigenvalue weighted by Gasteiger charge is -2.14. The Labute approximate surface area is 175 Å². The third-order valence-corrected chi connectivity index (χ3v) is 5.41. The number of benzene rings is 1. The van der Waals surface area contributed by atoms with E-state index in [9.17, 15) is 18.0 Å². The van der Waals surface area contributed by atoms with E-state index in [1.807, 2.05) is 25.2 Å². The standard InChI is InChI=1S/C21H21F3N6O/c1-29-17-9-13(2-3-14(17)15-6-7-27-11-18(15)29)30-20(31)8-12(10-28-30)16(25)4-5-19(26)21(22,23)24/h2-5,8-10,27H,6-7,11,25-26H2,1H3/b16-4-,19-5-. The van der Waals surface area contributed by atoms with Crippen molar-refractivity contribution in [2.24, 2.45) is 18.5 Å². The van der Waals surface area contributed by atoms with E-state index >= 15 is 0 Å². The molecule has 4 rings (SSSR count). The highest BCUT2D eigenvalue weighted by atomic mass is 19.4. The minimum atomic E-state index is -4.65. The first-order chi connectivity index (χ1) is 14.7. The number of halogens is 3.